The average molecular weight is 344 g/mol. The smallest absolute Gasteiger partial charge is 0.269 e. The molecule has 1 aromatic heterocycles. The van der Waals surface area contributed by atoms with Crippen LogP contribution >= 0.6 is 22.6 Å². The maximum absolute atomic E-state index is 10.5. The van der Waals surface area contributed by atoms with E-state index >= 15 is 0 Å². The molecule has 88 valence electrons. The van der Waals surface area contributed by atoms with Crippen LogP contribution in [0.1, 0.15) is 5.56 Å². The van der Waals surface area contributed by atoms with Gasteiger partial charge in [0.2, 0.25) is 0 Å². The number of nitrogens with zero attached hydrogens (tertiary/aromatic N) is 3. The second kappa shape index (κ2) is 4.70. The molecule has 0 unspecified atom stereocenters. The fourth-order valence-corrected chi connectivity index (χ4v) is 1.80. The summed E-state index contributed by atoms with van der Waals surface area (Å²) in [5.74, 6) is 0.601. The lowest BCUT2D eigenvalue weighted by atomic mass is 10.2. The van der Waals surface area contributed by atoms with Gasteiger partial charge in [0.15, 0.2) is 0 Å². The Balaban J connectivity index is 2.19. The van der Waals surface area contributed by atoms with Gasteiger partial charge in [0.25, 0.3) is 5.69 Å². The molecule has 0 saturated carbocycles. The van der Waals surface area contributed by atoms with Crippen molar-refractivity contribution in [3.05, 3.63) is 49.7 Å². The predicted octanol–water partition coefficient (Wildman–Crippen LogP) is 2.03. The predicted molar refractivity (Wildman–Crippen MR) is 71.6 cm³/mol. The molecule has 2 N–H and O–H groups in total. The van der Waals surface area contributed by atoms with Crippen LogP contribution < -0.4 is 5.73 Å². The summed E-state index contributed by atoms with van der Waals surface area (Å²) >= 11 is 2.10. The molecule has 0 saturated heterocycles. The van der Waals surface area contributed by atoms with Crippen molar-refractivity contribution in [1.29, 1.82) is 0 Å². The van der Waals surface area contributed by atoms with Crippen LogP contribution in [0.3, 0.4) is 0 Å². The first kappa shape index (κ1) is 11.8. The SMILES string of the molecule is Nc1c(I)cnn1Cc1ccc([N+](=O)[O-])cc1. The van der Waals surface area contributed by atoms with Crippen molar-refractivity contribution in [2.24, 2.45) is 0 Å². The molecule has 0 fully saturated rings. The van der Waals surface area contributed by atoms with Gasteiger partial charge in [0, 0.05) is 12.1 Å². The number of nitro benzene ring substituents is 1. The first-order valence-electron chi connectivity index (χ1n) is 4.78. The van der Waals surface area contributed by atoms with Crippen LogP contribution in [0.5, 0.6) is 0 Å². The van der Waals surface area contributed by atoms with Crippen molar-refractivity contribution in [3.63, 3.8) is 0 Å². The molecule has 2 rings (SSSR count). The fourth-order valence-electron chi connectivity index (χ4n) is 1.39. The van der Waals surface area contributed by atoms with E-state index in [0.717, 1.165) is 9.13 Å². The van der Waals surface area contributed by atoms with Crippen LogP contribution in [0.2, 0.25) is 0 Å². The number of rotatable bonds is 3. The third-order valence-electron chi connectivity index (χ3n) is 2.31. The van der Waals surface area contributed by atoms with Crippen molar-refractivity contribution < 1.29 is 4.92 Å². The minimum Gasteiger partial charge on any atom is -0.383 e. The summed E-state index contributed by atoms with van der Waals surface area (Å²) < 4.78 is 2.55. The Labute approximate surface area is 111 Å². The maximum atomic E-state index is 10.5. The monoisotopic (exact) mass is 344 g/mol. The number of nitrogen functional groups attached to an aromatic ring is 1. The first-order chi connectivity index (χ1) is 8.08. The molecule has 7 heteroatoms. The summed E-state index contributed by atoms with van der Waals surface area (Å²) in [6.07, 6.45) is 1.68. The van der Waals surface area contributed by atoms with Gasteiger partial charge in [-0.2, -0.15) is 5.10 Å². The summed E-state index contributed by atoms with van der Waals surface area (Å²) in [7, 11) is 0. The van der Waals surface area contributed by atoms with Gasteiger partial charge in [-0.15, -0.1) is 0 Å². The van der Waals surface area contributed by atoms with E-state index < -0.39 is 4.92 Å². The maximum Gasteiger partial charge on any atom is 0.269 e. The summed E-state index contributed by atoms with van der Waals surface area (Å²) in [5, 5.41) is 14.6. The molecular weight excluding hydrogens is 335 g/mol. The zero-order chi connectivity index (χ0) is 12.4. The molecule has 0 bridgehead atoms. The topological polar surface area (TPSA) is 87.0 Å². The highest BCUT2D eigenvalue weighted by Crippen LogP contribution is 2.17. The molecule has 1 heterocycles. The Hall–Kier alpha value is -1.64. The van der Waals surface area contributed by atoms with E-state index in [0.29, 0.717) is 12.4 Å². The van der Waals surface area contributed by atoms with Gasteiger partial charge in [-0.05, 0) is 28.2 Å². The molecule has 0 aliphatic rings. The number of nitro groups is 1. The van der Waals surface area contributed by atoms with Gasteiger partial charge in [-0.25, -0.2) is 4.68 Å². The quantitative estimate of drug-likeness (QED) is 0.524. The second-order valence-electron chi connectivity index (χ2n) is 3.46. The number of aromatic nitrogens is 2. The Morgan fingerprint density at radius 1 is 1.41 bits per heavy atom. The largest absolute Gasteiger partial charge is 0.383 e. The normalized spacial score (nSPS) is 10.4. The lowest BCUT2D eigenvalue weighted by molar-refractivity contribution is -0.384. The number of hydrogen-bond acceptors (Lipinski definition) is 4. The minimum atomic E-state index is -0.422. The van der Waals surface area contributed by atoms with Crippen molar-refractivity contribution in [2.75, 3.05) is 5.73 Å². The van der Waals surface area contributed by atoms with Crippen LogP contribution in [0.25, 0.3) is 0 Å². The van der Waals surface area contributed by atoms with E-state index in [1.54, 1.807) is 23.0 Å². The number of nitrogens with two attached hydrogens (primary N) is 1. The zero-order valence-electron chi connectivity index (χ0n) is 8.71. The standard InChI is InChI=1S/C10H9IN4O2/c11-9-5-13-14(10(9)12)6-7-1-3-8(4-2-7)15(16)17/h1-5H,6,12H2. The molecule has 17 heavy (non-hydrogen) atoms. The van der Waals surface area contributed by atoms with Crippen LogP contribution in [-0.2, 0) is 6.54 Å². The van der Waals surface area contributed by atoms with Gasteiger partial charge in [0.05, 0.1) is 21.2 Å². The summed E-state index contributed by atoms with van der Waals surface area (Å²) in [5.41, 5.74) is 6.81. The molecule has 0 atom stereocenters. The van der Waals surface area contributed by atoms with E-state index in [1.807, 2.05) is 0 Å². The third-order valence-corrected chi connectivity index (χ3v) is 3.14. The summed E-state index contributed by atoms with van der Waals surface area (Å²) in [6.45, 7) is 0.507. The second-order valence-corrected chi connectivity index (χ2v) is 4.62. The van der Waals surface area contributed by atoms with Crippen molar-refractivity contribution in [3.8, 4) is 0 Å². The van der Waals surface area contributed by atoms with E-state index in [4.69, 9.17) is 5.73 Å². The molecule has 0 aliphatic heterocycles. The highest BCUT2D eigenvalue weighted by atomic mass is 127. The lowest BCUT2D eigenvalue weighted by Crippen LogP contribution is -2.06. The number of non-ortho nitro benzene ring substituents is 1. The Morgan fingerprint density at radius 2 is 2.06 bits per heavy atom. The van der Waals surface area contributed by atoms with Crippen LogP contribution in [0.15, 0.2) is 30.5 Å². The van der Waals surface area contributed by atoms with Crippen molar-refractivity contribution >= 4 is 34.1 Å². The van der Waals surface area contributed by atoms with Gasteiger partial charge in [-0.1, -0.05) is 12.1 Å². The van der Waals surface area contributed by atoms with Crippen molar-refractivity contribution in [2.45, 2.75) is 6.54 Å². The third kappa shape index (κ3) is 2.54. The fraction of sp³-hybridized carbons (Fsp3) is 0.100. The van der Waals surface area contributed by atoms with Crippen LogP contribution in [0.4, 0.5) is 11.5 Å². The van der Waals surface area contributed by atoms with Gasteiger partial charge < -0.3 is 5.73 Å². The van der Waals surface area contributed by atoms with Crippen LogP contribution in [-0.4, -0.2) is 14.7 Å². The summed E-state index contributed by atoms with van der Waals surface area (Å²) in [6, 6.07) is 6.35. The Morgan fingerprint density at radius 3 is 2.53 bits per heavy atom. The van der Waals surface area contributed by atoms with Gasteiger partial charge in [0.1, 0.15) is 5.82 Å². The lowest BCUT2D eigenvalue weighted by Gasteiger charge is -2.04. The molecule has 6 nitrogen and oxygen atoms in total. The zero-order valence-corrected chi connectivity index (χ0v) is 10.9. The first-order valence-corrected chi connectivity index (χ1v) is 5.86. The number of halogens is 1. The molecular formula is C10H9IN4O2. The number of benzene rings is 1. The van der Waals surface area contributed by atoms with Crippen LogP contribution in [0, 0.1) is 13.7 Å². The molecule has 0 radical (unpaired) electrons. The number of hydrogen-bond donors (Lipinski definition) is 1. The summed E-state index contributed by atoms with van der Waals surface area (Å²) in [4.78, 5) is 10.1. The van der Waals surface area contributed by atoms with Crippen molar-refractivity contribution in [1.82, 2.24) is 9.78 Å². The highest BCUT2D eigenvalue weighted by molar-refractivity contribution is 14.1. The van der Waals surface area contributed by atoms with E-state index in [1.165, 1.54) is 12.1 Å². The Kier molecular flexibility index (Phi) is 3.27. The van der Waals surface area contributed by atoms with E-state index in [-0.39, 0.29) is 5.69 Å². The van der Waals surface area contributed by atoms with Gasteiger partial charge in [-0.3, -0.25) is 10.1 Å². The number of anilines is 1. The van der Waals surface area contributed by atoms with E-state index in [2.05, 4.69) is 27.7 Å². The highest BCUT2D eigenvalue weighted by Gasteiger charge is 2.07. The molecule has 2 aromatic rings. The Bertz CT molecular complexity index is 550. The van der Waals surface area contributed by atoms with Gasteiger partial charge >= 0.3 is 0 Å². The van der Waals surface area contributed by atoms with E-state index in [9.17, 15) is 10.1 Å². The molecule has 1 aromatic carbocycles. The average Bonchev–Trinajstić information content (AvgIpc) is 2.62. The molecule has 0 aliphatic carbocycles. The molecule has 0 amide bonds. The molecule has 0 spiro atoms. The minimum absolute atomic E-state index is 0.0803.